The van der Waals surface area contributed by atoms with Crippen LogP contribution in [0.25, 0.3) is 0 Å². The quantitative estimate of drug-likeness (QED) is 0.480. The second-order valence-electron chi connectivity index (χ2n) is 8.51. The van der Waals surface area contributed by atoms with Crippen LogP contribution in [0.2, 0.25) is 0 Å². The van der Waals surface area contributed by atoms with Crippen LogP contribution in [-0.2, 0) is 0 Å². The number of fused-ring (bicyclic) bond motifs is 2. The normalized spacial score (nSPS) is 21.4. The zero-order valence-electron chi connectivity index (χ0n) is 17.4. The Hall–Kier alpha value is -1.54. The number of nitrogens with zero attached hydrogens (tertiary/aromatic N) is 1. The van der Waals surface area contributed by atoms with Crippen molar-refractivity contribution in [2.75, 3.05) is 0 Å². The summed E-state index contributed by atoms with van der Waals surface area (Å²) in [5.41, 5.74) is 5.32. The van der Waals surface area contributed by atoms with Gasteiger partial charge in [-0.05, 0) is 61.3 Å². The molecule has 2 heteroatoms. The van der Waals surface area contributed by atoms with Gasteiger partial charge in [0.15, 0.2) is 0 Å². The first-order valence-electron chi connectivity index (χ1n) is 11.3. The van der Waals surface area contributed by atoms with E-state index in [0.29, 0.717) is 0 Å². The average Bonchev–Trinajstić information content (AvgIpc) is 2.88. The summed E-state index contributed by atoms with van der Waals surface area (Å²) in [6, 6.07) is 15.9. The van der Waals surface area contributed by atoms with Gasteiger partial charge in [0.25, 0.3) is 0 Å². The monoisotopic (exact) mass is 391 g/mol. The second kappa shape index (κ2) is 9.31. The van der Waals surface area contributed by atoms with Crippen LogP contribution in [0, 0.1) is 5.92 Å². The molecule has 1 heterocycles. The van der Waals surface area contributed by atoms with Crippen LogP contribution in [0.5, 0.6) is 0 Å². The molecule has 2 aliphatic rings. The first-order chi connectivity index (χ1) is 13.8. The summed E-state index contributed by atoms with van der Waals surface area (Å²) in [5.74, 6) is 1.64. The summed E-state index contributed by atoms with van der Waals surface area (Å²) in [4.78, 5) is 7.88. The Balaban J connectivity index is 1.66. The number of aliphatic imine (C=N–C) groups is 1. The molecule has 0 saturated heterocycles. The van der Waals surface area contributed by atoms with Gasteiger partial charge < -0.3 is 0 Å². The van der Waals surface area contributed by atoms with Crippen LogP contribution >= 0.6 is 11.8 Å². The summed E-state index contributed by atoms with van der Waals surface area (Å²) in [6.07, 6.45) is 11.7. The number of rotatable bonds is 6. The van der Waals surface area contributed by atoms with Crippen LogP contribution < -0.4 is 0 Å². The molecule has 0 N–H and O–H groups in total. The molecule has 0 aromatic heterocycles. The van der Waals surface area contributed by atoms with Crippen LogP contribution in [-0.4, -0.2) is 5.71 Å². The van der Waals surface area contributed by atoms with Crippen molar-refractivity contribution in [3.63, 3.8) is 0 Å². The van der Waals surface area contributed by atoms with Crippen molar-refractivity contribution in [2.45, 2.75) is 87.3 Å². The number of unbranched alkanes of at least 4 members (excludes halogenated alkanes) is 1. The van der Waals surface area contributed by atoms with Gasteiger partial charge in [0.1, 0.15) is 0 Å². The third-order valence-corrected chi connectivity index (χ3v) is 7.52. The van der Waals surface area contributed by atoms with E-state index in [1.54, 1.807) is 0 Å². The van der Waals surface area contributed by atoms with E-state index in [2.05, 4.69) is 56.3 Å². The van der Waals surface area contributed by atoms with E-state index in [4.69, 9.17) is 4.99 Å². The Bertz CT molecular complexity index is 836. The van der Waals surface area contributed by atoms with E-state index in [-0.39, 0.29) is 0 Å². The standard InChI is InChI=1S/C26H33NS/c1-3-5-13-23-22-12-6-7-14-25(22)28-26-16-15-21(18-24(26)27-23)20-11-8-10-19(17-20)9-4-2/h6-7,12,14-16,18-20H,3-5,8-11,13,17H2,1-2H3. The molecule has 1 fully saturated rings. The van der Waals surface area contributed by atoms with E-state index in [9.17, 15) is 0 Å². The average molecular weight is 392 g/mol. The van der Waals surface area contributed by atoms with Gasteiger partial charge in [-0.15, -0.1) is 0 Å². The molecule has 0 spiro atoms. The van der Waals surface area contributed by atoms with Gasteiger partial charge in [-0.2, -0.15) is 0 Å². The highest BCUT2D eigenvalue weighted by Crippen LogP contribution is 2.44. The molecule has 1 saturated carbocycles. The molecule has 0 amide bonds. The molecule has 28 heavy (non-hydrogen) atoms. The third-order valence-electron chi connectivity index (χ3n) is 6.37. The van der Waals surface area contributed by atoms with Gasteiger partial charge in [0.05, 0.1) is 5.69 Å². The fraction of sp³-hybridized carbons (Fsp3) is 0.500. The maximum atomic E-state index is 5.22. The predicted molar refractivity (Wildman–Crippen MR) is 122 cm³/mol. The van der Waals surface area contributed by atoms with Crippen molar-refractivity contribution in [2.24, 2.45) is 10.9 Å². The lowest BCUT2D eigenvalue weighted by molar-refractivity contribution is 0.304. The predicted octanol–water partition coefficient (Wildman–Crippen LogP) is 8.54. The lowest BCUT2D eigenvalue weighted by Crippen LogP contribution is -2.14. The minimum atomic E-state index is 0.723. The fourth-order valence-corrected chi connectivity index (χ4v) is 5.90. The highest BCUT2D eigenvalue weighted by Gasteiger charge is 2.24. The zero-order valence-corrected chi connectivity index (χ0v) is 18.2. The van der Waals surface area contributed by atoms with E-state index in [1.165, 1.54) is 83.7 Å². The molecule has 2 aromatic rings. The van der Waals surface area contributed by atoms with Crippen LogP contribution in [0.1, 0.15) is 88.7 Å². The lowest BCUT2D eigenvalue weighted by atomic mass is 9.76. The number of hydrogen-bond donors (Lipinski definition) is 0. The minimum absolute atomic E-state index is 0.723. The Morgan fingerprint density at radius 3 is 2.75 bits per heavy atom. The van der Waals surface area contributed by atoms with Gasteiger partial charge in [-0.25, -0.2) is 0 Å². The molecule has 2 atom stereocenters. The maximum Gasteiger partial charge on any atom is 0.0775 e. The number of benzene rings is 2. The van der Waals surface area contributed by atoms with E-state index < -0.39 is 0 Å². The summed E-state index contributed by atoms with van der Waals surface area (Å²) < 4.78 is 0. The van der Waals surface area contributed by atoms with Crippen molar-refractivity contribution in [1.82, 2.24) is 0 Å². The van der Waals surface area contributed by atoms with Crippen molar-refractivity contribution in [3.05, 3.63) is 53.6 Å². The second-order valence-corrected chi connectivity index (χ2v) is 9.59. The Kier molecular flexibility index (Phi) is 6.57. The molecule has 0 radical (unpaired) electrons. The third kappa shape index (κ3) is 4.38. The molecule has 2 aromatic carbocycles. The van der Waals surface area contributed by atoms with Crippen molar-refractivity contribution in [1.29, 1.82) is 0 Å². The van der Waals surface area contributed by atoms with Crippen molar-refractivity contribution in [3.8, 4) is 0 Å². The summed E-state index contributed by atoms with van der Waals surface area (Å²) >= 11 is 1.89. The van der Waals surface area contributed by atoms with E-state index >= 15 is 0 Å². The molecule has 4 rings (SSSR count). The first-order valence-corrected chi connectivity index (χ1v) is 12.1. The van der Waals surface area contributed by atoms with Gasteiger partial charge in [0.2, 0.25) is 0 Å². The van der Waals surface area contributed by atoms with Gasteiger partial charge in [-0.3, -0.25) is 4.99 Å². The molecule has 2 unspecified atom stereocenters. The van der Waals surface area contributed by atoms with Gasteiger partial charge in [-0.1, -0.05) is 82.0 Å². The maximum absolute atomic E-state index is 5.22. The largest absolute Gasteiger partial charge is 0.252 e. The summed E-state index contributed by atoms with van der Waals surface area (Å²) in [6.45, 7) is 4.59. The molecule has 1 aliphatic carbocycles. The smallest absolute Gasteiger partial charge is 0.0775 e. The molecule has 1 aliphatic heterocycles. The highest BCUT2D eigenvalue weighted by atomic mass is 32.2. The minimum Gasteiger partial charge on any atom is -0.252 e. The molecule has 0 bridgehead atoms. The van der Waals surface area contributed by atoms with Crippen LogP contribution in [0.4, 0.5) is 5.69 Å². The molecular weight excluding hydrogens is 358 g/mol. The number of hydrogen-bond acceptors (Lipinski definition) is 2. The van der Waals surface area contributed by atoms with Gasteiger partial charge >= 0.3 is 0 Å². The molecule has 148 valence electrons. The highest BCUT2D eigenvalue weighted by molar-refractivity contribution is 7.99. The molecular formula is C26H33NS. The van der Waals surface area contributed by atoms with Gasteiger partial charge in [0, 0.05) is 21.1 Å². The van der Waals surface area contributed by atoms with Crippen LogP contribution in [0.3, 0.4) is 0 Å². The zero-order chi connectivity index (χ0) is 19.3. The van der Waals surface area contributed by atoms with E-state index in [0.717, 1.165) is 18.3 Å². The lowest BCUT2D eigenvalue weighted by Gasteiger charge is -2.29. The Morgan fingerprint density at radius 2 is 1.89 bits per heavy atom. The van der Waals surface area contributed by atoms with E-state index in [1.807, 2.05) is 11.8 Å². The molecule has 1 nitrogen and oxygen atoms in total. The summed E-state index contributed by atoms with van der Waals surface area (Å²) in [5, 5.41) is 0. The Labute approximate surface area is 175 Å². The topological polar surface area (TPSA) is 12.4 Å². The van der Waals surface area contributed by atoms with Crippen molar-refractivity contribution < 1.29 is 0 Å². The Morgan fingerprint density at radius 1 is 1.00 bits per heavy atom. The van der Waals surface area contributed by atoms with Crippen LogP contribution in [0.15, 0.2) is 57.2 Å². The fourth-order valence-electron chi connectivity index (χ4n) is 4.88. The summed E-state index contributed by atoms with van der Waals surface area (Å²) in [7, 11) is 0. The SMILES string of the molecule is CCCCC1=Nc2cc(C3CCCC(CCC)C3)ccc2Sc2ccccc21. The van der Waals surface area contributed by atoms with Crippen molar-refractivity contribution >= 4 is 23.2 Å². The first kappa shape index (κ1) is 19.8.